The highest BCUT2D eigenvalue weighted by Crippen LogP contribution is 2.40. The molecule has 0 aliphatic heterocycles. The number of unbranched alkanes of at least 4 members (excludes halogenated alkanes) is 4. The minimum Gasteiger partial charge on any atom is -0.494 e. The van der Waals surface area contributed by atoms with Crippen molar-refractivity contribution in [3.8, 4) is 22.6 Å². The van der Waals surface area contributed by atoms with Crippen LogP contribution < -0.4 is 14.6 Å². The van der Waals surface area contributed by atoms with Crippen molar-refractivity contribution in [3.05, 3.63) is 191 Å². The van der Waals surface area contributed by atoms with E-state index in [4.69, 9.17) is 39.9 Å². The monoisotopic (exact) mass is 1070 g/mol. The number of thiol groups is 2. The number of rotatable bonds is 28. The van der Waals surface area contributed by atoms with Crippen LogP contribution in [0.5, 0.6) is 11.5 Å². The smallest absolute Gasteiger partial charge is 0.119 e. The molecule has 0 heterocycles. The van der Waals surface area contributed by atoms with Gasteiger partial charge in [-0.2, -0.15) is 0 Å². The van der Waals surface area contributed by atoms with Gasteiger partial charge in [-0.3, -0.25) is 5.14 Å². The fourth-order valence-corrected chi connectivity index (χ4v) is 11.5. The lowest BCUT2D eigenvalue weighted by Crippen LogP contribution is -2.20. The average Bonchev–Trinajstić information content (AvgIpc) is 3.45. The summed E-state index contributed by atoms with van der Waals surface area (Å²) in [5, 5.41) is 6.00. The van der Waals surface area contributed by atoms with Crippen LogP contribution in [0.15, 0.2) is 158 Å². The third-order valence-electron chi connectivity index (χ3n) is 14.0. The number of thioether (sulfide) groups is 1. The molecule has 0 fully saturated rings. The van der Waals surface area contributed by atoms with Crippen molar-refractivity contribution in [2.75, 3.05) is 19.0 Å². The first-order chi connectivity index (χ1) is 36.0. The molecule has 2 atom stereocenters. The Morgan fingerprint density at radius 1 is 0.486 bits per heavy atom. The Kier molecular flexibility index (Phi) is 29.0. The van der Waals surface area contributed by atoms with Gasteiger partial charge in [0.1, 0.15) is 11.5 Å². The predicted octanol–water partition coefficient (Wildman–Crippen LogP) is 21.0. The van der Waals surface area contributed by atoms with Crippen molar-refractivity contribution in [2.45, 2.75) is 151 Å². The second-order valence-corrected chi connectivity index (χ2v) is 22.4. The Labute approximate surface area is 469 Å². The van der Waals surface area contributed by atoms with Crippen LogP contribution in [-0.2, 0) is 11.8 Å². The maximum atomic E-state index is 6.15. The highest BCUT2D eigenvalue weighted by atomic mass is 32.2. The number of benzene rings is 6. The quantitative estimate of drug-likeness (QED) is 0.0198. The van der Waals surface area contributed by atoms with E-state index in [1.165, 1.54) is 109 Å². The lowest BCUT2D eigenvalue weighted by Gasteiger charge is -2.29. The van der Waals surface area contributed by atoms with Gasteiger partial charge in [0.25, 0.3) is 0 Å². The van der Waals surface area contributed by atoms with Crippen LogP contribution in [0.2, 0.25) is 0 Å². The van der Waals surface area contributed by atoms with Crippen molar-refractivity contribution < 1.29 is 9.47 Å². The van der Waals surface area contributed by atoms with Gasteiger partial charge in [0.15, 0.2) is 0 Å². The molecule has 0 aliphatic rings. The minimum atomic E-state index is 0.245. The van der Waals surface area contributed by atoms with E-state index in [0.29, 0.717) is 12.0 Å². The predicted molar refractivity (Wildman–Crippen MR) is 339 cm³/mol. The van der Waals surface area contributed by atoms with Crippen LogP contribution in [-0.4, -0.2) is 19.0 Å². The molecule has 6 rings (SSSR count). The second kappa shape index (κ2) is 34.4. The molecule has 6 aromatic rings. The lowest BCUT2D eigenvalue weighted by atomic mass is 9.76. The minimum absolute atomic E-state index is 0.245. The van der Waals surface area contributed by atoms with Gasteiger partial charge in [0, 0.05) is 26.0 Å². The number of ether oxygens (including phenoxy) is 2. The molecule has 0 aliphatic carbocycles. The van der Waals surface area contributed by atoms with Crippen LogP contribution in [0.3, 0.4) is 0 Å². The van der Waals surface area contributed by atoms with E-state index in [9.17, 15) is 0 Å². The van der Waals surface area contributed by atoms with Gasteiger partial charge in [0.05, 0.1) is 13.2 Å². The molecule has 0 saturated heterocycles. The van der Waals surface area contributed by atoms with Gasteiger partial charge in [-0.25, -0.2) is 0 Å². The Balaban J connectivity index is 0.000000349. The van der Waals surface area contributed by atoms with Crippen molar-refractivity contribution in [1.29, 1.82) is 0 Å². The summed E-state index contributed by atoms with van der Waals surface area (Å²) in [5.41, 5.74) is 10.2. The SMILES string of the molecule is CC.CCCCC(C)(CCC)CCOc1ccc(-c2ccc(OCCc3ccc(/C(S)=C(/SCC)c4ccccc4)cc3)cc2)cc1.CCCCCCC(C)(CC)c1ccc(/C(SN)=C(/S)c2ccccc2)cc1. The largest absolute Gasteiger partial charge is 0.494 e. The first-order valence-corrected chi connectivity index (χ1v) is 30.4. The zero-order chi connectivity index (χ0) is 53.6. The summed E-state index contributed by atoms with van der Waals surface area (Å²) in [7, 11) is 0. The van der Waals surface area contributed by atoms with Crippen LogP contribution in [0.4, 0.5) is 0 Å². The van der Waals surface area contributed by atoms with Crippen LogP contribution in [0, 0.1) is 5.41 Å². The Morgan fingerprint density at radius 3 is 1.50 bits per heavy atom. The molecular weight excluding hydrogens is 979 g/mol. The first-order valence-electron chi connectivity index (χ1n) is 27.6. The van der Waals surface area contributed by atoms with Crippen LogP contribution in [0.25, 0.3) is 30.7 Å². The van der Waals surface area contributed by atoms with E-state index in [-0.39, 0.29) is 5.41 Å². The van der Waals surface area contributed by atoms with Crippen LogP contribution >= 0.6 is 49.0 Å². The number of hydrogen-bond donors (Lipinski definition) is 3. The maximum absolute atomic E-state index is 6.15. The Morgan fingerprint density at radius 2 is 0.986 bits per heavy atom. The lowest BCUT2D eigenvalue weighted by molar-refractivity contribution is 0.182. The third-order valence-corrected chi connectivity index (χ3v) is 17.0. The van der Waals surface area contributed by atoms with Crippen molar-refractivity contribution in [3.63, 3.8) is 0 Å². The maximum Gasteiger partial charge on any atom is 0.119 e. The molecule has 0 bridgehead atoms. The van der Waals surface area contributed by atoms with Gasteiger partial charge in [0.2, 0.25) is 0 Å². The molecule has 74 heavy (non-hydrogen) atoms. The summed E-state index contributed by atoms with van der Waals surface area (Å²) in [4.78, 5) is 4.17. The molecule has 0 radical (unpaired) electrons. The zero-order valence-electron chi connectivity index (χ0n) is 46.4. The second-order valence-electron chi connectivity index (χ2n) is 19.5. The molecule has 3 nitrogen and oxygen atoms in total. The van der Waals surface area contributed by atoms with Gasteiger partial charge in [-0.15, -0.1) is 37.0 Å². The summed E-state index contributed by atoms with van der Waals surface area (Å²) in [6.45, 7) is 21.5. The van der Waals surface area contributed by atoms with E-state index >= 15 is 0 Å². The summed E-state index contributed by atoms with van der Waals surface area (Å²) < 4.78 is 12.2. The first kappa shape index (κ1) is 62.3. The normalized spacial score (nSPS) is 13.4. The van der Waals surface area contributed by atoms with E-state index in [1.54, 1.807) is 0 Å². The molecule has 0 amide bonds. The molecule has 0 spiro atoms. The van der Waals surface area contributed by atoms with Crippen molar-refractivity contribution in [2.24, 2.45) is 10.6 Å². The summed E-state index contributed by atoms with van der Waals surface area (Å²) in [6, 6.07) is 55.2. The van der Waals surface area contributed by atoms with Crippen molar-refractivity contribution in [1.82, 2.24) is 0 Å². The molecule has 2 N–H and O–H groups in total. The van der Waals surface area contributed by atoms with Gasteiger partial charge in [-0.1, -0.05) is 241 Å². The molecular formula is C67H89NO2S4. The fraction of sp³-hybridized carbons (Fsp3) is 0.403. The topological polar surface area (TPSA) is 44.5 Å². The Hall–Kier alpha value is -4.24. The molecule has 0 saturated carbocycles. The van der Waals surface area contributed by atoms with Gasteiger partial charge in [-0.05, 0) is 129 Å². The number of hydrogen-bond acceptors (Lipinski definition) is 7. The fourth-order valence-electron chi connectivity index (χ4n) is 9.23. The van der Waals surface area contributed by atoms with Gasteiger partial charge >= 0.3 is 0 Å². The van der Waals surface area contributed by atoms with E-state index < -0.39 is 0 Å². The van der Waals surface area contributed by atoms with E-state index in [1.807, 2.05) is 43.8 Å². The molecule has 398 valence electrons. The highest BCUT2D eigenvalue weighted by molar-refractivity contribution is 8.10. The summed E-state index contributed by atoms with van der Waals surface area (Å²) in [6.07, 6.45) is 16.0. The standard InChI is InChI=1S/C41H50O2S2.C24H33NS2.C2H6/c1-5-8-28-41(4,27-6-2)29-31-43-38-24-20-34(21-25-38)33-18-22-37(23-19-33)42-30-26-32-14-16-35(17-15-32)39(44)40(45-7-3)36-12-10-9-11-13-36;1-4-6-7-11-18-24(3,5-2)21-16-14-20(15-17-21)23(27-25)22(26)19-12-9-8-10-13-19;1-2/h9-25,44H,5-8,26-31H2,1-4H3;8-10,12-17,26H,4-7,11,18,25H2,1-3H3;1-2H3/b40-39-;23-22-;. The van der Waals surface area contributed by atoms with Crippen LogP contribution in [0.1, 0.15) is 173 Å². The molecule has 7 heteroatoms. The Bertz CT molecular complexity index is 2510. The molecule has 6 aromatic carbocycles. The summed E-state index contributed by atoms with van der Waals surface area (Å²) in [5.74, 6) is 2.83. The van der Waals surface area contributed by atoms with Gasteiger partial charge < -0.3 is 9.47 Å². The van der Waals surface area contributed by atoms with Crippen molar-refractivity contribution >= 4 is 68.6 Å². The average molecular weight is 1070 g/mol. The zero-order valence-corrected chi connectivity index (χ0v) is 49.9. The molecule has 2 unspecified atom stereocenters. The summed E-state index contributed by atoms with van der Waals surface area (Å²) >= 11 is 12.8. The third kappa shape index (κ3) is 20.0. The number of nitrogens with two attached hydrogens (primary N) is 1. The van der Waals surface area contributed by atoms with E-state index in [2.05, 4.69) is 188 Å². The van der Waals surface area contributed by atoms with E-state index in [0.717, 1.165) is 74.5 Å². The molecule has 0 aromatic heterocycles. The highest BCUT2D eigenvalue weighted by Gasteiger charge is 2.25.